The number of carbonyl (C=O) groups is 2. The van der Waals surface area contributed by atoms with Crippen LogP contribution in [0, 0.1) is 0 Å². The Morgan fingerprint density at radius 3 is 2.44 bits per heavy atom. The van der Waals surface area contributed by atoms with E-state index >= 15 is 0 Å². The third-order valence-electron chi connectivity index (χ3n) is 5.11. The van der Waals surface area contributed by atoms with Crippen molar-refractivity contribution in [1.82, 2.24) is 9.38 Å². The summed E-state index contributed by atoms with van der Waals surface area (Å²) in [6, 6.07) is 17.6. The maximum absolute atomic E-state index is 13.1. The number of rotatable bonds is 7. The van der Waals surface area contributed by atoms with E-state index in [2.05, 4.69) is 4.98 Å². The minimum Gasteiger partial charge on any atom is -0.497 e. The van der Waals surface area contributed by atoms with Gasteiger partial charge in [0.05, 0.1) is 43.3 Å². The standard InChI is InChI=1S/C25H22N2O5/c1-4-32-25(29)19-13-22(24(28)16-8-6-5-7-9-16)27-15-26-20(14-21(19)27)18-11-10-17(30-2)12-23(18)31-3/h5-15H,4H2,1-3H3. The molecule has 0 spiro atoms. The van der Waals surface area contributed by atoms with Crippen LogP contribution >= 0.6 is 0 Å². The molecular weight excluding hydrogens is 408 g/mol. The Kier molecular flexibility index (Phi) is 5.89. The highest BCUT2D eigenvalue weighted by Gasteiger charge is 2.22. The molecule has 7 nitrogen and oxygen atoms in total. The fourth-order valence-corrected chi connectivity index (χ4v) is 3.54. The van der Waals surface area contributed by atoms with E-state index in [0.29, 0.717) is 39.5 Å². The van der Waals surface area contributed by atoms with Gasteiger partial charge < -0.3 is 14.2 Å². The predicted molar refractivity (Wildman–Crippen MR) is 120 cm³/mol. The molecule has 0 atom stereocenters. The van der Waals surface area contributed by atoms with E-state index in [4.69, 9.17) is 14.2 Å². The molecule has 0 aliphatic heterocycles. The third kappa shape index (κ3) is 3.80. The predicted octanol–water partition coefficient (Wildman–Crippen LogP) is 4.43. The molecule has 0 unspecified atom stereocenters. The number of esters is 1. The number of ether oxygens (including phenoxy) is 3. The Morgan fingerprint density at radius 2 is 1.75 bits per heavy atom. The largest absolute Gasteiger partial charge is 0.497 e. The number of nitrogens with zero attached hydrogens (tertiary/aromatic N) is 2. The summed E-state index contributed by atoms with van der Waals surface area (Å²) >= 11 is 0. The van der Waals surface area contributed by atoms with Crippen LogP contribution in [0.15, 0.2) is 67.0 Å². The van der Waals surface area contributed by atoms with Gasteiger partial charge in [0.25, 0.3) is 0 Å². The van der Waals surface area contributed by atoms with Crippen LogP contribution in [-0.2, 0) is 4.74 Å². The smallest absolute Gasteiger partial charge is 0.340 e. The molecular formula is C25H22N2O5. The topological polar surface area (TPSA) is 79.1 Å². The van der Waals surface area contributed by atoms with Crippen molar-refractivity contribution in [2.24, 2.45) is 0 Å². The molecule has 7 heteroatoms. The molecule has 0 aliphatic carbocycles. The van der Waals surface area contributed by atoms with Gasteiger partial charge in [-0.25, -0.2) is 9.78 Å². The molecule has 0 radical (unpaired) electrons. The first-order chi connectivity index (χ1) is 15.6. The number of aromatic nitrogens is 2. The highest BCUT2D eigenvalue weighted by Crippen LogP contribution is 2.33. The number of fused-ring (bicyclic) bond motifs is 1. The number of carbonyl (C=O) groups excluding carboxylic acids is 2. The molecule has 32 heavy (non-hydrogen) atoms. The molecule has 162 valence electrons. The van der Waals surface area contributed by atoms with Crippen LogP contribution < -0.4 is 9.47 Å². The van der Waals surface area contributed by atoms with E-state index in [-0.39, 0.29) is 12.4 Å². The summed E-state index contributed by atoms with van der Waals surface area (Å²) in [5.74, 6) is 0.507. The van der Waals surface area contributed by atoms with Gasteiger partial charge in [0.1, 0.15) is 17.8 Å². The van der Waals surface area contributed by atoms with Crippen LogP contribution in [0.2, 0.25) is 0 Å². The van der Waals surface area contributed by atoms with E-state index in [9.17, 15) is 9.59 Å². The summed E-state index contributed by atoms with van der Waals surface area (Å²) in [4.78, 5) is 30.4. The summed E-state index contributed by atoms with van der Waals surface area (Å²) in [7, 11) is 3.14. The average molecular weight is 430 g/mol. The van der Waals surface area contributed by atoms with Crippen molar-refractivity contribution in [3.05, 3.63) is 83.8 Å². The summed E-state index contributed by atoms with van der Waals surface area (Å²) in [5.41, 5.74) is 2.97. The molecule has 2 heterocycles. The molecule has 0 fully saturated rings. The second-order valence-electron chi connectivity index (χ2n) is 6.95. The van der Waals surface area contributed by atoms with Gasteiger partial charge >= 0.3 is 5.97 Å². The fourth-order valence-electron chi connectivity index (χ4n) is 3.54. The maximum atomic E-state index is 13.1. The minimum absolute atomic E-state index is 0.215. The molecule has 0 aliphatic rings. The average Bonchev–Trinajstić information content (AvgIpc) is 3.22. The SMILES string of the molecule is CCOC(=O)c1cc(C(=O)c2ccccc2)n2cnc(-c3ccc(OC)cc3OC)cc12. The lowest BCUT2D eigenvalue weighted by molar-refractivity contribution is 0.0529. The summed E-state index contributed by atoms with van der Waals surface area (Å²) < 4.78 is 17.6. The van der Waals surface area contributed by atoms with Crippen LogP contribution in [0.4, 0.5) is 0 Å². The number of benzene rings is 2. The van der Waals surface area contributed by atoms with Gasteiger partial charge in [0.2, 0.25) is 5.78 Å². The minimum atomic E-state index is -0.504. The quantitative estimate of drug-likeness (QED) is 0.319. The Bertz CT molecular complexity index is 1290. The van der Waals surface area contributed by atoms with Crippen molar-refractivity contribution >= 4 is 17.3 Å². The van der Waals surface area contributed by atoms with Crippen LogP contribution in [0.25, 0.3) is 16.8 Å². The zero-order valence-corrected chi connectivity index (χ0v) is 18.0. The van der Waals surface area contributed by atoms with Crippen molar-refractivity contribution in [3.63, 3.8) is 0 Å². The Hall–Kier alpha value is -4.13. The van der Waals surface area contributed by atoms with Crippen molar-refractivity contribution in [2.45, 2.75) is 6.92 Å². The van der Waals surface area contributed by atoms with E-state index in [1.165, 1.54) is 6.33 Å². The van der Waals surface area contributed by atoms with E-state index in [1.54, 1.807) is 74.1 Å². The van der Waals surface area contributed by atoms with Crippen LogP contribution in [-0.4, -0.2) is 42.0 Å². The van der Waals surface area contributed by atoms with Crippen LogP contribution in [0.5, 0.6) is 11.5 Å². The first kappa shape index (κ1) is 21.1. The molecule has 0 amide bonds. The lowest BCUT2D eigenvalue weighted by Gasteiger charge is -2.11. The van der Waals surface area contributed by atoms with Gasteiger partial charge in [-0.2, -0.15) is 0 Å². The molecule has 2 aromatic carbocycles. The van der Waals surface area contributed by atoms with Crippen molar-refractivity contribution in [1.29, 1.82) is 0 Å². The lowest BCUT2D eigenvalue weighted by atomic mass is 10.1. The molecule has 4 rings (SSSR count). The van der Waals surface area contributed by atoms with Gasteiger partial charge in [-0.1, -0.05) is 30.3 Å². The van der Waals surface area contributed by atoms with Crippen molar-refractivity contribution in [3.8, 4) is 22.8 Å². The van der Waals surface area contributed by atoms with Gasteiger partial charge in [-0.05, 0) is 31.2 Å². The zero-order chi connectivity index (χ0) is 22.7. The van der Waals surface area contributed by atoms with E-state index < -0.39 is 5.97 Å². The molecule has 0 saturated carbocycles. The third-order valence-corrected chi connectivity index (χ3v) is 5.11. The Balaban J connectivity index is 1.89. The number of ketones is 1. The van der Waals surface area contributed by atoms with Gasteiger partial charge in [0.15, 0.2) is 0 Å². The lowest BCUT2D eigenvalue weighted by Crippen LogP contribution is -2.05. The molecule has 0 saturated heterocycles. The van der Waals surface area contributed by atoms with Crippen LogP contribution in [0.1, 0.15) is 33.3 Å². The van der Waals surface area contributed by atoms with E-state index in [0.717, 1.165) is 5.56 Å². The maximum Gasteiger partial charge on any atom is 0.340 e. The van der Waals surface area contributed by atoms with Gasteiger partial charge in [-0.15, -0.1) is 0 Å². The molecule has 0 bridgehead atoms. The second kappa shape index (κ2) is 8.93. The number of hydrogen-bond donors (Lipinski definition) is 0. The Morgan fingerprint density at radius 1 is 0.969 bits per heavy atom. The first-order valence-electron chi connectivity index (χ1n) is 10.1. The summed E-state index contributed by atoms with van der Waals surface area (Å²) in [6.45, 7) is 1.96. The fraction of sp³-hybridized carbons (Fsp3) is 0.160. The first-order valence-corrected chi connectivity index (χ1v) is 10.1. The number of hydrogen-bond acceptors (Lipinski definition) is 6. The normalized spacial score (nSPS) is 10.7. The van der Waals surface area contributed by atoms with Crippen LogP contribution in [0.3, 0.4) is 0 Å². The summed E-state index contributed by atoms with van der Waals surface area (Å²) in [5, 5.41) is 0. The monoisotopic (exact) mass is 430 g/mol. The molecule has 0 N–H and O–H groups in total. The second-order valence-corrected chi connectivity index (χ2v) is 6.95. The van der Waals surface area contributed by atoms with Crippen molar-refractivity contribution < 1.29 is 23.8 Å². The summed E-state index contributed by atoms with van der Waals surface area (Å²) in [6.07, 6.45) is 1.53. The molecule has 4 aromatic rings. The zero-order valence-electron chi connectivity index (χ0n) is 18.0. The highest BCUT2D eigenvalue weighted by atomic mass is 16.5. The Labute approximate surface area is 185 Å². The number of methoxy groups -OCH3 is 2. The van der Waals surface area contributed by atoms with E-state index in [1.807, 2.05) is 12.1 Å². The van der Waals surface area contributed by atoms with Crippen molar-refractivity contribution in [2.75, 3.05) is 20.8 Å². The van der Waals surface area contributed by atoms with Gasteiger partial charge in [0, 0.05) is 17.2 Å². The van der Waals surface area contributed by atoms with Gasteiger partial charge in [-0.3, -0.25) is 9.20 Å². The molecule has 2 aromatic heterocycles. The highest BCUT2D eigenvalue weighted by molar-refractivity contribution is 6.11.